The van der Waals surface area contributed by atoms with Crippen molar-refractivity contribution in [2.45, 2.75) is 5.75 Å². The van der Waals surface area contributed by atoms with E-state index in [-0.39, 0.29) is 0 Å². The topological polar surface area (TPSA) is 17.1 Å². The molecule has 0 heterocycles. The number of carbonyl (C=O) groups is 1. The number of thioether (sulfide) groups is 1. The predicted octanol–water partition coefficient (Wildman–Crippen LogP) is 2.77. The molecule has 0 saturated heterocycles. The van der Waals surface area contributed by atoms with Crippen LogP contribution in [0.2, 0.25) is 5.02 Å². The highest BCUT2D eigenvalue weighted by atomic mass is 35.5. The summed E-state index contributed by atoms with van der Waals surface area (Å²) < 4.78 is 0. The molecular weight excluding hydrogens is 192 g/mol. The van der Waals surface area contributed by atoms with E-state index in [1.54, 1.807) is 11.8 Å². The molecule has 1 aromatic carbocycles. The Balaban J connectivity index is 2.51. The van der Waals surface area contributed by atoms with E-state index in [1.807, 2.05) is 24.3 Å². The number of hydrogen-bond donors (Lipinski definition) is 0. The van der Waals surface area contributed by atoms with Crippen molar-refractivity contribution >= 4 is 29.6 Å². The zero-order valence-electron chi connectivity index (χ0n) is 6.50. The van der Waals surface area contributed by atoms with Gasteiger partial charge in [-0.1, -0.05) is 29.8 Å². The lowest BCUT2D eigenvalue weighted by Crippen LogP contribution is -1.84. The summed E-state index contributed by atoms with van der Waals surface area (Å²) in [5.41, 5.74) is 1.09. The Morgan fingerprint density at radius 3 is 2.83 bits per heavy atom. The molecule has 0 spiro atoms. The van der Waals surface area contributed by atoms with Gasteiger partial charge in [0.05, 0.1) is 0 Å². The van der Waals surface area contributed by atoms with E-state index < -0.39 is 0 Å². The lowest BCUT2D eigenvalue weighted by Gasteiger charge is -2.00. The third-order valence-corrected chi connectivity index (χ3v) is 2.66. The summed E-state index contributed by atoms with van der Waals surface area (Å²) in [6, 6.07) is 7.68. The zero-order chi connectivity index (χ0) is 8.81. The Morgan fingerprint density at radius 1 is 1.42 bits per heavy atom. The third-order valence-electron chi connectivity index (χ3n) is 1.40. The van der Waals surface area contributed by atoms with Gasteiger partial charge in [0.15, 0.2) is 0 Å². The van der Waals surface area contributed by atoms with Gasteiger partial charge in [-0.2, -0.15) is 0 Å². The van der Waals surface area contributed by atoms with Crippen molar-refractivity contribution in [2.75, 3.05) is 5.75 Å². The second-order valence-electron chi connectivity index (χ2n) is 2.27. The monoisotopic (exact) mass is 200 g/mol. The maximum absolute atomic E-state index is 10.0. The minimum Gasteiger partial charge on any atom is -0.302 e. The van der Waals surface area contributed by atoms with Crippen LogP contribution in [0, 0.1) is 0 Å². The third kappa shape index (κ3) is 2.88. The summed E-state index contributed by atoms with van der Waals surface area (Å²) >= 11 is 7.47. The van der Waals surface area contributed by atoms with Crippen LogP contribution in [-0.4, -0.2) is 12.0 Å². The van der Waals surface area contributed by atoms with Gasteiger partial charge in [0.25, 0.3) is 0 Å². The van der Waals surface area contributed by atoms with Gasteiger partial charge in [0.1, 0.15) is 6.29 Å². The lowest BCUT2D eigenvalue weighted by molar-refractivity contribution is -0.105. The van der Waals surface area contributed by atoms with E-state index in [2.05, 4.69) is 0 Å². The normalized spacial score (nSPS) is 9.75. The summed E-state index contributed by atoms with van der Waals surface area (Å²) in [7, 11) is 0. The SMILES string of the molecule is O=CCSCc1ccccc1Cl. The highest BCUT2D eigenvalue weighted by Gasteiger charge is 1.97. The summed E-state index contributed by atoms with van der Waals surface area (Å²) in [6.07, 6.45) is 0.904. The molecule has 0 aliphatic rings. The molecule has 0 aliphatic heterocycles. The maximum Gasteiger partial charge on any atom is 0.129 e. The number of carbonyl (C=O) groups excluding carboxylic acids is 1. The number of benzene rings is 1. The molecule has 0 aromatic heterocycles. The Labute approximate surface area is 81.1 Å². The summed E-state index contributed by atoms with van der Waals surface area (Å²) in [5.74, 6) is 1.34. The molecule has 0 aliphatic carbocycles. The fourth-order valence-electron chi connectivity index (χ4n) is 0.832. The number of halogens is 1. The van der Waals surface area contributed by atoms with Gasteiger partial charge in [-0.25, -0.2) is 0 Å². The van der Waals surface area contributed by atoms with Gasteiger partial charge in [-0.15, -0.1) is 11.8 Å². The van der Waals surface area contributed by atoms with Gasteiger partial charge in [0, 0.05) is 16.5 Å². The van der Waals surface area contributed by atoms with Crippen LogP contribution in [0.4, 0.5) is 0 Å². The van der Waals surface area contributed by atoms with Crippen LogP contribution >= 0.6 is 23.4 Å². The largest absolute Gasteiger partial charge is 0.302 e. The van der Waals surface area contributed by atoms with E-state index in [9.17, 15) is 4.79 Å². The molecule has 3 heteroatoms. The Morgan fingerprint density at radius 2 is 2.17 bits per heavy atom. The quantitative estimate of drug-likeness (QED) is 0.549. The molecule has 0 amide bonds. The fourth-order valence-corrected chi connectivity index (χ4v) is 1.80. The van der Waals surface area contributed by atoms with Crippen LogP contribution in [0.25, 0.3) is 0 Å². The molecule has 0 saturated carbocycles. The van der Waals surface area contributed by atoms with Crippen molar-refractivity contribution in [3.05, 3.63) is 34.9 Å². The van der Waals surface area contributed by atoms with Crippen molar-refractivity contribution in [3.63, 3.8) is 0 Å². The molecule has 1 aromatic rings. The molecule has 1 rings (SSSR count). The molecule has 0 radical (unpaired) electrons. The summed E-state index contributed by atoms with van der Waals surface area (Å²) in [4.78, 5) is 10.0. The Bertz CT molecular complexity index is 262. The van der Waals surface area contributed by atoms with Crippen LogP contribution < -0.4 is 0 Å². The molecule has 12 heavy (non-hydrogen) atoms. The molecule has 0 unspecified atom stereocenters. The molecular formula is C9H9ClOS. The van der Waals surface area contributed by atoms with E-state index in [0.717, 1.165) is 22.6 Å². The van der Waals surface area contributed by atoms with Crippen molar-refractivity contribution in [1.82, 2.24) is 0 Å². The molecule has 0 bridgehead atoms. The standard InChI is InChI=1S/C9H9ClOS/c10-9-4-2-1-3-8(9)7-12-6-5-11/h1-5H,6-7H2. The average Bonchev–Trinajstić information content (AvgIpc) is 2.09. The second kappa shape index (κ2) is 5.22. The van der Waals surface area contributed by atoms with E-state index in [0.29, 0.717) is 5.75 Å². The van der Waals surface area contributed by atoms with Crippen molar-refractivity contribution in [2.24, 2.45) is 0 Å². The van der Waals surface area contributed by atoms with Gasteiger partial charge in [-0.3, -0.25) is 0 Å². The van der Waals surface area contributed by atoms with E-state index in [1.165, 1.54) is 0 Å². The van der Waals surface area contributed by atoms with Crippen LogP contribution in [-0.2, 0) is 10.5 Å². The van der Waals surface area contributed by atoms with Gasteiger partial charge in [0.2, 0.25) is 0 Å². The first kappa shape index (κ1) is 9.62. The number of aldehydes is 1. The predicted molar refractivity (Wildman–Crippen MR) is 53.7 cm³/mol. The smallest absolute Gasteiger partial charge is 0.129 e. The minimum atomic E-state index is 0.533. The summed E-state index contributed by atoms with van der Waals surface area (Å²) in [6.45, 7) is 0. The molecule has 1 nitrogen and oxygen atoms in total. The summed E-state index contributed by atoms with van der Waals surface area (Å²) in [5, 5.41) is 0.774. The average molecular weight is 201 g/mol. The van der Waals surface area contributed by atoms with Crippen LogP contribution in [0.3, 0.4) is 0 Å². The van der Waals surface area contributed by atoms with Crippen LogP contribution in [0.15, 0.2) is 24.3 Å². The van der Waals surface area contributed by atoms with E-state index >= 15 is 0 Å². The van der Waals surface area contributed by atoms with Gasteiger partial charge < -0.3 is 4.79 Å². The molecule has 0 atom stereocenters. The number of rotatable bonds is 4. The van der Waals surface area contributed by atoms with Crippen molar-refractivity contribution in [3.8, 4) is 0 Å². The highest BCUT2D eigenvalue weighted by Crippen LogP contribution is 2.19. The Hall–Kier alpha value is -0.470. The highest BCUT2D eigenvalue weighted by molar-refractivity contribution is 7.99. The number of hydrogen-bond acceptors (Lipinski definition) is 2. The van der Waals surface area contributed by atoms with Crippen molar-refractivity contribution in [1.29, 1.82) is 0 Å². The first-order chi connectivity index (χ1) is 5.84. The Kier molecular flexibility index (Phi) is 4.19. The second-order valence-corrected chi connectivity index (χ2v) is 3.71. The molecule has 0 N–H and O–H groups in total. The van der Waals surface area contributed by atoms with Gasteiger partial charge in [-0.05, 0) is 11.6 Å². The zero-order valence-corrected chi connectivity index (χ0v) is 8.07. The molecule has 0 fully saturated rings. The van der Waals surface area contributed by atoms with Crippen LogP contribution in [0.1, 0.15) is 5.56 Å². The lowest BCUT2D eigenvalue weighted by atomic mass is 10.2. The minimum absolute atomic E-state index is 0.533. The van der Waals surface area contributed by atoms with Crippen molar-refractivity contribution < 1.29 is 4.79 Å². The maximum atomic E-state index is 10.0. The van der Waals surface area contributed by atoms with E-state index in [4.69, 9.17) is 11.6 Å². The molecule has 64 valence electrons. The van der Waals surface area contributed by atoms with Crippen LogP contribution in [0.5, 0.6) is 0 Å². The van der Waals surface area contributed by atoms with Gasteiger partial charge >= 0.3 is 0 Å². The fraction of sp³-hybridized carbons (Fsp3) is 0.222. The first-order valence-electron chi connectivity index (χ1n) is 3.59. The first-order valence-corrected chi connectivity index (χ1v) is 5.12.